The van der Waals surface area contributed by atoms with Crippen molar-refractivity contribution in [3.8, 4) is 0 Å². The van der Waals surface area contributed by atoms with Crippen LogP contribution in [0, 0.1) is 5.82 Å². The van der Waals surface area contributed by atoms with Gasteiger partial charge in [0, 0.05) is 36.4 Å². The van der Waals surface area contributed by atoms with Crippen molar-refractivity contribution in [1.29, 1.82) is 0 Å². The van der Waals surface area contributed by atoms with Gasteiger partial charge in [-0.25, -0.2) is 4.39 Å². The van der Waals surface area contributed by atoms with Crippen LogP contribution in [0.3, 0.4) is 0 Å². The van der Waals surface area contributed by atoms with Gasteiger partial charge in [0.1, 0.15) is 11.4 Å². The number of hydrogen-bond donors (Lipinski definition) is 0. The van der Waals surface area contributed by atoms with Gasteiger partial charge in [-0.05, 0) is 77.0 Å². The summed E-state index contributed by atoms with van der Waals surface area (Å²) in [5.74, 6) is -1.43. The lowest BCUT2D eigenvalue weighted by molar-refractivity contribution is -0.133. The number of rotatable bonds is 5. The minimum absolute atomic E-state index is 0.0701. The summed E-state index contributed by atoms with van der Waals surface area (Å²) in [5, 5.41) is 0.194. The van der Waals surface area contributed by atoms with E-state index in [0.717, 1.165) is 29.8 Å². The Bertz CT molecular complexity index is 984. The number of likely N-dealkylation sites (N-methyl/N-ethyl adjacent to an activating group) is 2. The van der Waals surface area contributed by atoms with Crippen LogP contribution in [0.1, 0.15) is 59.1 Å². The van der Waals surface area contributed by atoms with Crippen molar-refractivity contribution in [3.05, 3.63) is 40.7 Å². The number of nitrogens with zero attached hydrogens (tertiary/aromatic N) is 3. The fourth-order valence-corrected chi connectivity index (χ4v) is 4.82. The number of anilines is 1. The average Bonchev–Trinajstić information content (AvgIpc) is 2.69. The molecule has 2 aliphatic heterocycles. The zero-order valence-corrected chi connectivity index (χ0v) is 19.9. The summed E-state index contributed by atoms with van der Waals surface area (Å²) in [6, 6.07) is 3.26. The number of amides is 2. The molecule has 1 saturated heterocycles. The Labute approximate surface area is 189 Å². The molecule has 0 atom stereocenters. The van der Waals surface area contributed by atoms with Crippen LogP contribution in [0.4, 0.5) is 10.1 Å². The molecule has 0 aliphatic carbocycles. The van der Waals surface area contributed by atoms with Crippen LogP contribution in [-0.2, 0) is 9.59 Å². The maximum atomic E-state index is 15.2. The zero-order chi connectivity index (χ0) is 23.1. The molecule has 31 heavy (non-hydrogen) atoms. The third-order valence-electron chi connectivity index (χ3n) is 5.89. The molecule has 0 radical (unpaired) electrons. The second kappa shape index (κ2) is 8.54. The number of thiocarbonyl (C=S) groups is 1. The van der Waals surface area contributed by atoms with E-state index in [9.17, 15) is 9.59 Å². The fraction of sp³-hybridized carbons (Fsp3) is 0.458. The molecule has 0 spiro atoms. The minimum Gasteiger partial charge on any atom is -0.362 e. The van der Waals surface area contributed by atoms with E-state index < -0.39 is 17.6 Å². The van der Waals surface area contributed by atoms with Crippen LogP contribution < -0.4 is 4.90 Å². The summed E-state index contributed by atoms with van der Waals surface area (Å²) >= 11 is 5.29. The Morgan fingerprint density at radius 1 is 1.06 bits per heavy atom. The first-order chi connectivity index (χ1) is 14.6. The monoisotopic (exact) mass is 443 g/mol. The average molecular weight is 444 g/mol. The second-order valence-corrected chi connectivity index (χ2v) is 8.83. The van der Waals surface area contributed by atoms with Gasteiger partial charge in [0.25, 0.3) is 11.8 Å². The second-order valence-electron chi connectivity index (χ2n) is 8.46. The molecule has 1 aromatic carbocycles. The van der Waals surface area contributed by atoms with E-state index in [1.165, 1.54) is 21.9 Å². The quantitative estimate of drug-likeness (QED) is 0.379. The van der Waals surface area contributed by atoms with Gasteiger partial charge in [0.2, 0.25) is 0 Å². The zero-order valence-electron chi connectivity index (χ0n) is 19.1. The van der Waals surface area contributed by atoms with E-state index >= 15 is 4.39 Å². The van der Waals surface area contributed by atoms with Crippen molar-refractivity contribution >= 4 is 46.5 Å². The maximum absolute atomic E-state index is 15.2. The molecule has 2 aliphatic rings. The first-order valence-corrected chi connectivity index (χ1v) is 11.2. The highest BCUT2D eigenvalue weighted by Gasteiger charge is 2.38. The first-order valence-electron chi connectivity index (χ1n) is 10.8. The minimum atomic E-state index is -0.486. The SMILES string of the molecule is CCCN1c2cc(F)c(C=C3C(=O)N(CC)C(=S)N(CC)C3=O)cc2C(C)=CC1(C)C. The highest BCUT2D eigenvalue weighted by atomic mass is 32.1. The maximum Gasteiger partial charge on any atom is 0.265 e. The smallest absolute Gasteiger partial charge is 0.265 e. The predicted octanol–water partition coefficient (Wildman–Crippen LogP) is 4.62. The number of benzene rings is 1. The van der Waals surface area contributed by atoms with Crippen molar-refractivity contribution in [2.75, 3.05) is 24.5 Å². The molecule has 0 saturated carbocycles. The van der Waals surface area contributed by atoms with E-state index in [2.05, 4.69) is 31.7 Å². The van der Waals surface area contributed by atoms with Gasteiger partial charge in [0.05, 0.1) is 5.54 Å². The molecule has 1 aromatic rings. The number of allylic oxidation sites excluding steroid dienone is 1. The van der Waals surface area contributed by atoms with E-state index in [1.54, 1.807) is 19.9 Å². The van der Waals surface area contributed by atoms with Gasteiger partial charge in [0.15, 0.2) is 5.11 Å². The van der Waals surface area contributed by atoms with Gasteiger partial charge in [-0.2, -0.15) is 0 Å². The lowest BCUT2D eigenvalue weighted by Crippen LogP contribution is -2.55. The van der Waals surface area contributed by atoms with Gasteiger partial charge in [-0.1, -0.05) is 13.0 Å². The molecule has 0 bridgehead atoms. The molecule has 1 fully saturated rings. The molecular weight excluding hydrogens is 413 g/mol. The molecule has 166 valence electrons. The lowest BCUT2D eigenvalue weighted by atomic mass is 9.87. The normalized spacial score (nSPS) is 18.4. The van der Waals surface area contributed by atoms with Crippen molar-refractivity contribution in [2.45, 2.75) is 53.5 Å². The van der Waals surface area contributed by atoms with Gasteiger partial charge >= 0.3 is 0 Å². The number of halogens is 1. The highest BCUT2D eigenvalue weighted by Crippen LogP contribution is 2.40. The molecule has 5 nitrogen and oxygen atoms in total. The number of carbonyl (C=O) groups excluding carboxylic acids is 2. The Balaban J connectivity index is 2.14. The highest BCUT2D eigenvalue weighted by molar-refractivity contribution is 7.80. The van der Waals surface area contributed by atoms with E-state index in [-0.39, 0.29) is 21.8 Å². The van der Waals surface area contributed by atoms with Crippen LogP contribution in [0.15, 0.2) is 23.8 Å². The van der Waals surface area contributed by atoms with Gasteiger partial charge in [-0.3, -0.25) is 19.4 Å². The summed E-state index contributed by atoms with van der Waals surface area (Å²) in [5.41, 5.74) is 2.71. The Morgan fingerprint density at radius 3 is 2.16 bits per heavy atom. The van der Waals surface area contributed by atoms with Crippen molar-refractivity contribution in [2.24, 2.45) is 0 Å². The summed E-state index contributed by atoms with van der Waals surface area (Å²) in [7, 11) is 0. The van der Waals surface area contributed by atoms with E-state index in [4.69, 9.17) is 12.2 Å². The van der Waals surface area contributed by atoms with Crippen LogP contribution in [0.5, 0.6) is 0 Å². The molecule has 7 heteroatoms. The van der Waals surface area contributed by atoms with Crippen LogP contribution >= 0.6 is 12.2 Å². The topological polar surface area (TPSA) is 43.9 Å². The van der Waals surface area contributed by atoms with Gasteiger partial charge < -0.3 is 4.90 Å². The molecule has 0 unspecified atom stereocenters. The standard InChI is InChI=1S/C24H30FN3O2S/c1-7-10-28-20-13-19(25)16(11-17(20)15(4)14-24(28,5)6)12-18-21(29)26(8-2)23(31)27(9-3)22(18)30/h11-14H,7-10H2,1-6H3. The number of carbonyl (C=O) groups is 2. The van der Waals surface area contributed by atoms with Gasteiger partial charge in [-0.15, -0.1) is 0 Å². The largest absolute Gasteiger partial charge is 0.362 e. The molecule has 2 heterocycles. The Kier molecular flexibility index (Phi) is 6.37. The third-order valence-corrected chi connectivity index (χ3v) is 6.33. The molecule has 3 rings (SSSR count). The molecule has 0 N–H and O–H groups in total. The summed E-state index contributed by atoms with van der Waals surface area (Å²) < 4.78 is 15.2. The van der Waals surface area contributed by atoms with E-state index in [0.29, 0.717) is 13.1 Å². The first kappa shape index (κ1) is 23.1. The fourth-order valence-electron chi connectivity index (χ4n) is 4.40. The van der Waals surface area contributed by atoms with Crippen molar-refractivity contribution < 1.29 is 14.0 Å². The van der Waals surface area contributed by atoms with E-state index in [1.807, 2.05) is 6.92 Å². The van der Waals surface area contributed by atoms with Crippen LogP contribution in [-0.4, -0.2) is 51.9 Å². The Morgan fingerprint density at radius 2 is 1.65 bits per heavy atom. The molecular formula is C24H30FN3O2S. The van der Waals surface area contributed by atoms with Crippen LogP contribution in [0.25, 0.3) is 11.6 Å². The third kappa shape index (κ3) is 3.91. The summed E-state index contributed by atoms with van der Waals surface area (Å²) in [6.45, 7) is 13.4. The molecule has 0 aromatic heterocycles. The summed E-state index contributed by atoms with van der Waals surface area (Å²) in [4.78, 5) is 30.8. The van der Waals surface area contributed by atoms with Crippen molar-refractivity contribution in [3.63, 3.8) is 0 Å². The lowest BCUT2D eigenvalue weighted by Gasteiger charge is -2.43. The Hall–Kier alpha value is -2.54. The summed E-state index contributed by atoms with van der Waals surface area (Å²) in [6.07, 6.45) is 4.48. The number of hydrogen-bond acceptors (Lipinski definition) is 4. The van der Waals surface area contributed by atoms with Crippen LogP contribution in [0.2, 0.25) is 0 Å². The number of fused-ring (bicyclic) bond motifs is 1. The van der Waals surface area contributed by atoms with Crippen molar-refractivity contribution in [1.82, 2.24) is 9.80 Å². The molecule has 2 amide bonds. The predicted molar refractivity (Wildman–Crippen MR) is 127 cm³/mol.